The van der Waals surface area contributed by atoms with E-state index < -0.39 is 6.04 Å². The molecule has 0 saturated carbocycles. The van der Waals surface area contributed by atoms with Gasteiger partial charge in [0.05, 0.1) is 0 Å². The SMILES string of the molecule is Cc1cccc(C(=O)N2CCC[C@@H]2C(=O)Nc2cc(Cl)cc(Br)c2)c1. The van der Waals surface area contributed by atoms with E-state index in [1.54, 1.807) is 29.2 Å². The van der Waals surface area contributed by atoms with Crippen LogP contribution in [0.4, 0.5) is 5.69 Å². The van der Waals surface area contributed by atoms with Gasteiger partial charge in [-0.15, -0.1) is 0 Å². The highest BCUT2D eigenvalue weighted by Crippen LogP contribution is 2.25. The summed E-state index contributed by atoms with van der Waals surface area (Å²) >= 11 is 9.38. The highest BCUT2D eigenvalue weighted by atomic mass is 79.9. The Bertz CT molecular complexity index is 805. The lowest BCUT2D eigenvalue weighted by Gasteiger charge is -2.24. The van der Waals surface area contributed by atoms with Gasteiger partial charge in [-0.1, -0.05) is 45.2 Å². The minimum atomic E-state index is -0.467. The standard InChI is InChI=1S/C19H18BrClN2O2/c1-12-4-2-5-13(8-12)19(25)23-7-3-6-17(23)18(24)22-16-10-14(20)9-15(21)11-16/h2,4-5,8-11,17H,3,6-7H2,1H3,(H,22,24)/t17-/m1/s1. The van der Waals surface area contributed by atoms with Crippen molar-refractivity contribution in [3.8, 4) is 0 Å². The highest BCUT2D eigenvalue weighted by Gasteiger charge is 2.34. The predicted octanol–water partition coefficient (Wildman–Crippen LogP) is 4.65. The summed E-state index contributed by atoms with van der Waals surface area (Å²) in [6.07, 6.45) is 1.47. The van der Waals surface area contributed by atoms with Crippen molar-refractivity contribution in [3.05, 3.63) is 63.1 Å². The number of rotatable bonds is 3. The van der Waals surface area contributed by atoms with Crippen LogP contribution in [0.1, 0.15) is 28.8 Å². The number of halogens is 2. The summed E-state index contributed by atoms with van der Waals surface area (Å²) in [5.74, 6) is -0.290. The van der Waals surface area contributed by atoms with Crippen molar-refractivity contribution in [2.45, 2.75) is 25.8 Å². The number of benzene rings is 2. The summed E-state index contributed by atoms with van der Waals surface area (Å²) in [6, 6.07) is 12.2. The third-order valence-corrected chi connectivity index (χ3v) is 4.89. The lowest BCUT2D eigenvalue weighted by atomic mass is 10.1. The van der Waals surface area contributed by atoms with Crippen molar-refractivity contribution < 1.29 is 9.59 Å². The first-order valence-corrected chi connectivity index (χ1v) is 9.26. The number of likely N-dealkylation sites (tertiary alicyclic amines) is 1. The van der Waals surface area contributed by atoms with Gasteiger partial charge >= 0.3 is 0 Å². The molecule has 0 aliphatic carbocycles. The minimum Gasteiger partial charge on any atom is -0.327 e. The van der Waals surface area contributed by atoms with Gasteiger partial charge in [0.1, 0.15) is 6.04 Å². The van der Waals surface area contributed by atoms with E-state index in [1.807, 2.05) is 25.1 Å². The Morgan fingerprint density at radius 1 is 1.24 bits per heavy atom. The van der Waals surface area contributed by atoms with Crippen molar-refractivity contribution in [1.29, 1.82) is 0 Å². The second kappa shape index (κ2) is 7.58. The number of carbonyl (C=O) groups is 2. The smallest absolute Gasteiger partial charge is 0.254 e. The van der Waals surface area contributed by atoms with E-state index >= 15 is 0 Å². The normalized spacial score (nSPS) is 16.8. The average molecular weight is 422 g/mol. The van der Waals surface area contributed by atoms with Crippen LogP contribution in [0.15, 0.2) is 46.9 Å². The average Bonchev–Trinajstić information content (AvgIpc) is 3.02. The Morgan fingerprint density at radius 3 is 2.76 bits per heavy atom. The number of hydrogen-bond donors (Lipinski definition) is 1. The van der Waals surface area contributed by atoms with Gasteiger partial charge in [0.25, 0.3) is 5.91 Å². The molecule has 1 aliphatic heterocycles. The molecule has 1 saturated heterocycles. The van der Waals surface area contributed by atoms with Crippen LogP contribution >= 0.6 is 27.5 Å². The zero-order valence-corrected chi connectivity index (χ0v) is 16.1. The number of carbonyl (C=O) groups excluding carboxylic acids is 2. The number of nitrogens with zero attached hydrogens (tertiary/aromatic N) is 1. The number of nitrogens with one attached hydrogen (secondary N) is 1. The molecule has 0 unspecified atom stereocenters. The van der Waals surface area contributed by atoms with E-state index in [0.717, 1.165) is 16.5 Å². The lowest BCUT2D eigenvalue weighted by molar-refractivity contribution is -0.119. The number of hydrogen-bond acceptors (Lipinski definition) is 2. The van der Waals surface area contributed by atoms with E-state index in [9.17, 15) is 9.59 Å². The van der Waals surface area contributed by atoms with E-state index in [2.05, 4.69) is 21.2 Å². The molecule has 0 spiro atoms. The molecule has 0 bridgehead atoms. The predicted molar refractivity (Wildman–Crippen MR) is 103 cm³/mol. The Labute approximate surface area is 160 Å². The Morgan fingerprint density at radius 2 is 2.04 bits per heavy atom. The second-order valence-electron chi connectivity index (χ2n) is 6.17. The first kappa shape index (κ1) is 18.0. The van der Waals surface area contributed by atoms with Crippen LogP contribution in [0.25, 0.3) is 0 Å². The van der Waals surface area contributed by atoms with E-state index in [4.69, 9.17) is 11.6 Å². The summed E-state index contributed by atoms with van der Waals surface area (Å²) in [7, 11) is 0. The van der Waals surface area contributed by atoms with E-state index in [0.29, 0.717) is 29.2 Å². The molecule has 6 heteroatoms. The highest BCUT2D eigenvalue weighted by molar-refractivity contribution is 9.10. The lowest BCUT2D eigenvalue weighted by Crippen LogP contribution is -2.43. The molecule has 1 aliphatic rings. The first-order valence-electron chi connectivity index (χ1n) is 8.08. The topological polar surface area (TPSA) is 49.4 Å². The maximum atomic E-state index is 12.8. The molecule has 0 aromatic heterocycles. The van der Waals surface area contributed by atoms with Crippen molar-refractivity contribution in [1.82, 2.24) is 4.90 Å². The Hall–Kier alpha value is -1.85. The van der Waals surface area contributed by atoms with Gasteiger partial charge in [-0.2, -0.15) is 0 Å². The monoisotopic (exact) mass is 420 g/mol. The molecule has 4 nitrogen and oxygen atoms in total. The van der Waals surface area contributed by atoms with Crippen LogP contribution in [0.2, 0.25) is 5.02 Å². The number of aryl methyl sites for hydroxylation is 1. The summed E-state index contributed by atoms with van der Waals surface area (Å²) in [5.41, 5.74) is 2.25. The van der Waals surface area contributed by atoms with Crippen molar-refractivity contribution >= 4 is 45.0 Å². The molecular formula is C19H18BrClN2O2. The Kier molecular flexibility index (Phi) is 5.45. The zero-order chi connectivity index (χ0) is 18.0. The van der Waals surface area contributed by atoms with Gasteiger partial charge in [-0.3, -0.25) is 9.59 Å². The van der Waals surface area contributed by atoms with Crippen molar-refractivity contribution in [3.63, 3.8) is 0 Å². The van der Waals surface area contributed by atoms with Crippen molar-refractivity contribution in [2.24, 2.45) is 0 Å². The van der Waals surface area contributed by atoms with Gasteiger partial charge in [0.15, 0.2) is 0 Å². The van der Waals surface area contributed by atoms with Gasteiger partial charge < -0.3 is 10.2 Å². The molecule has 0 radical (unpaired) electrons. The van der Waals surface area contributed by atoms with Gasteiger partial charge in [0.2, 0.25) is 5.91 Å². The first-order chi connectivity index (χ1) is 11.9. The van der Waals surface area contributed by atoms with Crippen LogP contribution in [0, 0.1) is 6.92 Å². The molecule has 1 N–H and O–H groups in total. The largest absolute Gasteiger partial charge is 0.327 e. The maximum Gasteiger partial charge on any atom is 0.254 e. The molecule has 130 valence electrons. The van der Waals surface area contributed by atoms with Crippen LogP contribution < -0.4 is 5.32 Å². The molecule has 2 amide bonds. The third kappa shape index (κ3) is 4.22. The molecule has 25 heavy (non-hydrogen) atoms. The van der Waals surface area contributed by atoms with Crippen LogP contribution in [0.3, 0.4) is 0 Å². The molecule has 1 atom stereocenters. The molecule has 1 heterocycles. The Balaban J connectivity index is 1.76. The fraction of sp³-hybridized carbons (Fsp3) is 0.263. The van der Waals surface area contributed by atoms with Crippen LogP contribution in [-0.4, -0.2) is 29.3 Å². The molecule has 3 rings (SSSR count). The zero-order valence-electron chi connectivity index (χ0n) is 13.8. The molecule has 1 fully saturated rings. The van der Waals surface area contributed by atoms with E-state index in [-0.39, 0.29) is 11.8 Å². The minimum absolute atomic E-state index is 0.103. The summed E-state index contributed by atoms with van der Waals surface area (Å²) in [5, 5.41) is 3.40. The van der Waals surface area contributed by atoms with Crippen molar-refractivity contribution in [2.75, 3.05) is 11.9 Å². The molecular weight excluding hydrogens is 404 g/mol. The third-order valence-electron chi connectivity index (χ3n) is 4.21. The second-order valence-corrected chi connectivity index (χ2v) is 7.53. The quantitative estimate of drug-likeness (QED) is 0.784. The fourth-order valence-corrected chi connectivity index (χ4v) is 3.94. The molecule has 2 aromatic carbocycles. The maximum absolute atomic E-state index is 12.8. The van der Waals surface area contributed by atoms with Crippen LogP contribution in [-0.2, 0) is 4.79 Å². The van der Waals surface area contributed by atoms with E-state index in [1.165, 1.54) is 0 Å². The van der Waals surface area contributed by atoms with Gasteiger partial charge in [-0.05, 0) is 50.1 Å². The number of anilines is 1. The summed E-state index contributed by atoms with van der Waals surface area (Å²) in [6.45, 7) is 2.53. The van der Waals surface area contributed by atoms with Gasteiger partial charge in [0, 0.05) is 27.3 Å². The fourth-order valence-electron chi connectivity index (χ4n) is 3.08. The summed E-state index contributed by atoms with van der Waals surface area (Å²) < 4.78 is 0.786. The van der Waals surface area contributed by atoms with Gasteiger partial charge in [-0.25, -0.2) is 0 Å². The number of amides is 2. The van der Waals surface area contributed by atoms with Crippen LogP contribution in [0.5, 0.6) is 0 Å². The molecule has 2 aromatic rings. The summed E-state index contributed by atoms with van der Waals surface area (Å²) in [4.78, 5) is 27.1.